The lowest BCUT2D eigenvalue weighted by Gasteiger charge is -2.05. The molecule has 0 saturated carbocycles. The Hall–Kier alpha value is -1.59. The van der Waals surface area contributed by atoms with E-state index in [4.69, 9.17) is 16.3 Å². The first-order valence-electron chi connectivity index (χ1n) is 6.21. The van der Waals surface area contributed by atoms with Crippen LogP contribution in [0.5, 0.6) is 0 Å². The Morgan fingerprint density at radius 2 is 2.10 bits per heavy atom. The van der Waals surface area contributed by atoms with Gasteiger partial charge in [0.05, 0.1) is 6.61 Å². The van der Waals surface area contributed by atoms with E-state index >= 15 is 0 Å². The van der Waals surface area contributed by atoms with Gasteiger partial charge >= 0.3 is 5.97 Å². The van der Waals surface area contributed by atoms with Crippen LogP contribution in [-0.4, -0.2) is 24.4 Å². The molecule has 0 aliphatic heterocycles. The highest BCUT2D eigenvalue weighted by atomic mass is 35.5. The largest absolute Gasteiger partial charge is 0.462 e. The van der Waals surface area contributed by atoms with Gasteiger partial charge in [-0.25, -0.2) is 4.79 Å². The van der Waals surface area contributed by atoms with Crippen LogP contribution in [0.1, 0.15) is 23.7 Å². The van der Waals surface area contributed by atoms with Gasteiger partial charge in [0.1, 0.15) is 10.6 Å². The lowest BCUT2D eigenvalue weighted by atomic mass is 10.1. The van der Waals surface area contributed by atoms with Gasteiger partial charge in [0.15, 0.2) is 0 Å². The molecule has 0 saturated heterocycles. The van der Waals surface area contributed by atoms with Gasteiger partial charge in [-0.3, -0.25) is 4.79 Å². The monoisotopic (exact) mass is 311 g/mol. The number of alkyl halides is 1. The van der Waals surface area contributed by atoms with Crippen LogP contribution in [0.25, 0.3) is 10.1 Å². The third-order valence-electron chi connectivity index (χ3n) is 2.65. The minimum Gasteiger partial charge on any atom is -0.462 e. The van der Waals surface area contributed by atoms with Crippen molar-refractivity contribution in [2.45, 2.75) is 13.3 Å². The molecule has 2 aromatic rings. The maximum atomic E-state index is 12.1. The van der Waals surface area contributed by atoms with Crippen LogP contribution in [0.4, 0.5) is 5.00 Å². The summed E-state index contributed by atoms with van der Waals surface area (Å²) >= 11 is 6.90. The molecule has 1 heterocycles. The number of ether oxygens (including phenoxy) is 1. The fraction of sp³-hybridized carbons (Fsp3) is 0.286. The van der Waals surface area contributed by atoms with Gasteiger partial charge < -0.3 is 10.1 Å². The fourth-order valence-electron chi connectivity index (χ4n) is 1.81. The summed E-state index contributed by atoms with van der Waals surface area (Å²) in [6, 6.07) is 7.48. The molecule has 0 bridgehead atoms. The van der Waals surface area contributed by atoms with Crippen LogP contribution < -0.4 is 5.32 Å². The number of fused-ring (bicyclic) bond motifs is 1. The molecule has 1 aromatic heterocycles. The molecule has 4 nitrogen and oxygen atoms in total. The SMILES string of the molecule is CCOC(=O)c1c(NC(=O)CCCl)sc2ccccc12. The first-order valence-corrected chi connectivity index (χ1v) is 7.57. The fourth-order valence-corrected chi connectivity index (χ4v) is 3.09. The molecule has 0 spiro atoms. The second-order valence-corrected chi connectivity index (χ2v) is 5.44. The predicted octanol–water partition coefficient (Wildman–Crippen LogP) is 3.65. The molecule has 0 unspecified atom stereocenters. The highest BCUT2D eigenvalue weighted by molar-refractivity contribution is 7.23. The maximum absolute atomic E-state index is 12.1. The summed E-state index contributed by atoms with van der Waals surface area (Å²) in [5, 5.41) is 4.04. The van der Waals surface area contributed by atoms with Crippen molar-refractivity contribution in [2.24, 2.45) is 0 Å². The summed E-state index contributed by atoms with van der Waals surface area (Å²) in [6.45, 7) is 2.04. The second kappa shape index (κ2) is 6.72. The van der Waals surface area contributed by atoms with Crippen molar-refractivity contribution in [2.75, 3.05) is 17.8 Å². The molecule has 0 aliphatic rings. The maximum Gasteiger partial charge on any atom is 0.341 e. The number of nitrogens with one attached hydrogen (secondary N) is 1. The van der Waals surface area contributed by atoms with Gasteiger partial charge in [-0.2, -0.15) is 0 Å². The van der Waals surface area contributed by atoms with E-state index in [0.29, 0.717) is 10.6 Å². The van der Waals surface area contributed by atoms with E-state index in [0.717, 1.165) is 10.1 Å². The summed E-state index contributed by atoms with van der Waals surface area (Å²) < 4.78 is 5.99. The predicted molar refractivity (Wildman–Crippen MR) is 81.7 cm³/mol. The van der Waals surface area contributed by atoms with Crippen LogP contribution >= 0.6 is 22.9 Å². The molecule has 0 aliphatic carbocycles. The Balaban J connectivity index is 2.44. The minimum absolute atomic E-state index is 0.206. The third-order valence-corrected chi connectivity index (χ3v) is 3.92. The van der Waals surface area contributed by atoms with E-state index in [1.807, 2.05) is 24.3 Å². The number of halogens is 1. The van der Waals surface area contributed by atoms with Gasteiger partial charge in [0.25, 0.3) is 0 Å². The zero-order valence-corrected chi connectivity index (χ0v) is 12.5. The number of amides is 1. The lowest BCUT2D eigenvalue weighted by Crippen LogP contribution is -2.14. The Labute approximate surface area is 125 Å². The molecule has 106 valence electrons. The van der Waals surface area contributed by atoms with Gasteiger partial charge in [-0.1, -0.05) is 18.2 Å². The number of esters is 1. The van der Waals surface area contributed by atoms with Crippen molar-refractivity contribution in [3.63, 3.8) is 0 Å². The van der Waals surface area contributed by atoms with E-state index in [1.165, 1.54) is 11.3 Å². The van der Waals surface area contributed by atoms with Crippen molar-refractivity contribution in [1.29, 1.82) is 0 Å². The molecule has 0 fully saturated rings. The Bertz CT molecular complexity index is 638. The zero-order valence-electron chi connectivity index (χ0n) is 10.9. The normalized spacial score (nSPS) is 10.5. The zero-order chi connectivity index (χ0) is 14.5. The van der Waals surface area contributed by atoms with E-state index in [2.05, 4.69) is 5.32 Å². The molecule has 6 heteroatoms. The van der Waals surface area contributed by atoms with E-state index in [-0.39, 0.29) is 24.8 Å². The van der Waals surface area contributed by atoms with E-state index in [1.54, 1.807) is 6.92 Å². The quantitative estimate of drug-likeness (QED) is 0.677. The Morgan fingerprint density at radius 1 is 1.35 bits per heavy atom. The highest BCUT2D eigenvalue weighted by Gasteiger charge is 2.21. The average Bonchev–Trinajstić information content (AvgIpc) is 2.76. The van der Waals surface area contributed by atoms with Crippen LogP contribution in [0.15, 0.2) is 24.3 Å². The van der Waals surface area contributed by atoms with Crippen LogP contribution in [0.2, 0.25) is 0 Å². The molecule has 1 aromatic carbocycles. The number of benzene rings is 1. The number of rotatable bonds is 5. The summed E-state index contributed by atoms with van der Waals surface area (Å²) in [7, 11) is 0. The summed E-state index contributed by atoms with van der Waals surface area (Å²) in [6.07, 6.45) is 0.206. The Kier molecular flexibility index (Phi) is 4.98. The van der Waals surface area contributed by atoms with Crippen molar-refractivity contribution in [3.05, 3.63) is 29.8 Å². The van der Waals surface area contributed by atoms with Gasteiger partial charge in [0.2, 0.25) is 5.91 Å². The molecule has 20 heavy (non-hydrogen) atoms. The molecule has 1 amide bonds. The standard InChI is InChI=1S/C14H14ClNO3S/c1-2-19-14(18)12-9-5-3-4-6-10(9)20-13(12)16-11(17)7-8-15/h3-6H,2,7-8H2,1H3,(H,16,17). The van der Waals surface area contributed by atoms with E-state index in [9.17, 15) is 9.59 Å². The molecule has 0 radical (unpaired) electrons. The smallest absolute Gasteiger partial charge is 0.341 e. The number of hydrogen-bond acceptors (Lipinski definition) is 4. The van der Waals surface area contributed by atoms with Crippen molar-refractivity contribution < 1.29 is 14.3 Å². The third kappa shape index (κ3) is 3.11. The molecular weight excluding hydrogens is 298 g/mol. The van der Waals surface area contributed by atoms with Gasteiger partial charge in [-0.05, 0) is 13.0 Å². The average molecular weight is 312 g/mol. The summed E-state index contributed by atoms with van der Waals surface area (Å²) in [5.41, 5.74) is 0.412. The van der Waals surface area contributed by atoms with Crippen LogP contribution in [0.3, 0.4) is 0 Å². The summed E-state index contributed by atoms with van der Waals surface area (Å²) in [5.74, 6) is -0.394. The number of anilines is 1. The number of hydrogen-bond donors (Lipinski definition) is 1. The van der Waals surface area contributed by atoms with Gasteiger partial charge in [-0.15, -0.1) is 22.9 Å². The molecular formula is C14H14ClNO3S. The van der Waals surface area contributed by atoms with Crippen molar-refractivity contribution >= 4 is 49.9 Å². The summed E-state index contributed by atoms with van der Waals surface area (Å²) in [4.78, 5) is 23.8. The second-order valence-electron chi connectivity index (χ2n) is 4.01. The highest BCUT2D eigenvalue weighted by Crippen LogP contribution is 2.36. The topological polar surface area (TPSA) is 55.4 Å². The molecule has 0 atom stereocenters. The first-order chi connectivity index (χ1) is 9.67. The van der Waals surface area contributed by atoms with Crippen LogP contribution in [-0.2, 0) is 9.53 Å². The molecule has 2 rings (SSSR count). The van der Waals surface area contributed by atoms with Crippen molar-refractivity contribution in [3.8, 4) is 0 Å². The Morgan fingerprint density at radius 3 is 2.80 bits per heavy atom. The minimum atomic E-state index is -0.425. The molecule has 1 N–H and O–H groups in total. The number of carbonyl (C=O) groups is 2. The lowest BCUT2D eigenvalue weighted by molar-refractivity contribution is -0.115. The van der Waals surface area contributed by atoms with E-state index < -0.39 is 5.97 Å². The van der Waals surface area contributed by atoms with Crippen molar-refractivity contribution in [1.82, 2.24) is 0 Å². The van der Waals surface area contributed by atoms with Gasteiger partial charge in [0, 0.05) is 22.4 Å². The first kappa shape index (κ1) is 14.8. The van der Waals surface area contributed by atoms with Crippen LogP contribution in [0, 0.1) is 0 Å². The number of carbonyl (C=O) groups excluding carboxylic acids is 2. The number of thiophene rings is 1.